The maximum atomic E-state index is 11.8. The summed E-state index contributed by atoms with van der Waals surface area (Å²) in [6, 6.07) is 4.15. The van der Waals surface area contributed by atoms with Crippen molar-refractivity contribution >= 4 is 22.7 Å². The van der Waals surface area contributed by atoms with Crippen LogP contribution in [0.4, 0.5) is 10.5 Å². The van der Waals surface area contributed by atoms with Crippen LogP contribution in [0.15, 0.2) is 18.2 Å². The Morgan fingerprint density at radius 1 is 1.43 bits per heavy atom. The minimum absolute atomic E-state index is 0.0425. The summed E-state index contributed by atoms with van der Waals surface area (Å²) >= 11 is 0. The highest BCUT2D eigenvalue weighted by Gasteiger charge is 2.22. The molecule has 1 aliphatic heterocycles. The summed E-state index contributed by atoms with van der Waals surface area (Å²) in [7, 11) is 0. The van der Waals surface area contributed by atoms with Crippen LogP contribution in [-0.4, -0.2) is 39.4 Å². The zero-order chi connectivity index (χ0) is 16.4. The summed E-state index contributed by atoms with van der Waals surface area (Å²) < 4.78 is 5.06. The number of nitrogens with one attached hydrogen (secondary N) is 1. The average Bonchev–Trinajstić information content (AvgIpc) is 2.92. The fraction of sp³-hybridized carbons (Fsp3) is 0.429. The molecule has 0 atom stereocenters. The molecular formula is C14H16N4O5. The molecule has 0 spiro atoms. The summed E-state index contributed by atoms with van der Waals surface area (Å²) in [5.41, 5.74) is 0.423. The van der Waals surface area contributed by atoms with Gasteiger partial charge in [0.1, 0.15) is 0 Å². The van der Waals surface area contributed by atoms with Gasteiger partial charge in [0.15, 0.2) is 0 Å². The van der Waals surface area contributed by atoms with Crippen molar-refractivity contribution in [2.45, 2.75) is 19.8 Å². The first-order valence-electron chi connectivity index (χ1n) is 7.30. The van der Waals surface area contributed by atoms with Gasteiger partial charge in [0.2, 0.25) is 0 Å². The molecule has 0 aliphatic carbocycles. The van der Waals surface area contributed by atoms with Crippen LogP contribution in [0.25, 0.3) is 10.9 Å². The minimum atomic E-state index is -0.903. The van der Waals surface area contributed by atoms with E-state index < -0.39 is 11.1 Å². The molecule has 9 heteroatoms. The molecule has 0 unspecified atom stereocenters. The predicted octanol–water partition coefficient (Wildman–Crippen LogP) is 2.63. The number of aromatic nitrogens is 2. The van der Waals surface area contributed by atoms with E-state index in [1.807, 2.05) is 0 Å². The number of benzene rings is 1. The monoisotopic (exact) mass is 320 g/mol. The van der Waals surface area contributed by atoms with Gasteiger partial charge in [0.25, 0.3) is 11.6 Å². The summed E-state index contributed by atoms with van der Waals surface area (Å²) in [4.78, 5) is 27.3. The van der Waals surface area contributed by atoms with Crippen LogP contribution in [0.1, 0.15) is 19.8 Å². The molecule has 122 valence electrons. The van der Waals surface area contributed by atoms with Crippen molar-refractivity contribution in [1.82, 2.24) is 15.3 Å². The maximum Gasteiger partial charge on any atom is 0.534 e. The first-order chi connectivity index (χ1) is 11.0. The quantitative estimate of drug-likeness (QED) is 0.525. The molecule has 0 amide bonds. The molecule has 1 N–H and O–H groups in total. The Labute approximate surface area is 131 Å². The van der Waals surface area contributed by atoms with Crippen LogP contribution < -0.4 is 4.74 Å². The highest BCUT2D eigenvalue weighted by molar-refractivity contribution is 5.87. The Hall–Kier alpha value is -2.68. The number of carbonyl (C=O) groups is 1. The smallest absolute Gasteiger partial charge is 0.372 e. The van der Waals surface area contributed by atoms with Gasteiger partial charge >= 0.3 is 6.16 Å². The van der Waals surface area contributed by atoms with E-state index in [9.17, 15) is 14.9 Å². The van der Waals surface area contributed by atoms with Gasteiger partial charge in [-0.15, -0.1) is 10.2 Å². The number of rotatable bonds is 3. The van der Waals surface area contributed by atoms with E-state index in [-0.39, 0.29) is 11.6 Å². The molecular weight excluding hydrogens is 304 g/mol. The third-order valence-corrected chi connectivity index (χ3v) is 3.85. The summed E-state index contributed by atoms with van der Waals surface area (Å²) in [5, 5.41) is 19.2. The molecule has 1 fully saturated rings. The van der Waals surface area contributed by atoms with Crippen molar-refractivity contribution in [2.24, 2.45) is 5.92 Å². The van der Waals surface area contributed by atoms with Crippen molar-refractivity contribution in [3.8, 4) is 5.88 Å². The molecule has 0 bridgehead atoms. The van der Waals surface area contributed by atoms with E-state index in [0.29, 0.717) is 29.9 Å². The number of ether oxygens (including phenoxy) is 1. The number of H-pyrrole nitrogens is 1. The molecule has 1 saturated heterocycles. The lowest BCUT2D eigenvalue weighted by atomic mass is 10.0. The number of nitrogens with zero attached hydrogens (tertiary/aromatic N) is 3. The van der Waals surface area contributed by atoms with Crippen LogP contribution in [0.2, 0.25) is 0 Å². The molecule has 2 heterocycles. The standard InChI is InChI=1S/C14H16N4O5/c1-9-4-6-17(7-5-9)23-14(19)22-13-11-8-10(18(20)21)2-3-12(11)15-16-13/h2-3,8-9H,4-7H2,1H3,(H,15,16). The Balaban J connectivity index is 1.69. The van der Waals surface area contributed by atoms with E-state index in [4.69, 9.17) is 9.57 Å². The van der Waals surface area contributed by atoms with Gasteiger partial charge in [-0.3, -0.25) is 15.2 Å². The number of hydroxylamine groups is 2. The summed E-state index contributed by atoms with van der Waals surface area (Å²) in [6.45, 7) is 3.46. The first-order valence-corrected chi connectivity index (χ1v) is 7.30. The lowest BCUT2D eigenvalue weighted by Gasteiger charge is -2.27. The number of hydrogen-bond donors (Lipinski definition) is 1. The Morgan fingerprint density at radius 3 is 2.87 bits per heavy atom. The first kappa shape index (κ1) is 15.2. The number of piperidine rings is 1. The van der Waals surface area contributed by atoms with Crippen molar-refractivity contribution in [1.29, 1.82) is 0 Å². The van der Waals surface area contributed by atoms with Crippen LogP contribution >= 0.6 is 0 Å². The fourth-order valence-corrected chi connectivity index (χ4v) is 2.45. The van der Waals surface area contributed by atoms with Gasteiger partial charge in [0, 0.05) is 25.2 Å². The molecule has 3 rings (SSSR count). The van der Waals surface area contributed by atoms with Crippen molar-refractivity contribution < 1.29 is 19.3 Å². The van der Waals surface area contributed by atoms with E-state index >= 15 is 0 Å². The normalized spacial score (nSPS) is 16.4. The van der Waals surface area contributed by atoms with E-state index in [1.165, 1.54) is 18.2 Å². The minimum Gasteiger partial charge on any atom is -0.372 e. The van der Waals surface area contributed by atoms with E-state index in [2.05, 4.69) is 17.1 Å². The van der Waals surface area contributed by atoms with Crippen molar-refractivity contribution in [2.75, 3.05) is 13.1 Å². The zero-order valence-electron chi connectivity index (χ0n) is 12.5. The Morgan fingerprint density at radius 2 is 2.17 bits per heavy atom. The van der Waals surface area contributed by atoms with Gasteiger partial charge in [0.05, 0.1) is 15.8 Å². The van der Waals surface area contributed by atoms with Crippen LogP contribution in [-0.2, 0) is 4.84 Å². The SMILES string of the molecule is CC1CCN(OC(=O)Oc2n[nH]c3ccc([N+](=O)[O-])cc23)CC1. The lowest BCUT2D eigenvalue weighted by molar-refractivity contribution is -0.384. The molecule has 9 nitrogen and oxygen atoms in total. The highest BCUT2D eigenvalue weighted by atomic mass is 16.8. The number of nitro groups is 1. The van der Waals surface area contributed by atoms with E-state index in [0.717, 1.165) is 12.8 Å². The topological polar surface area (TPSA) is 111 Å². The van der Waals surface area contributed by atoms with E-state index in [1.54, 1.807) is 5.06 Å². The second-order valence-electron chi connectivity index (χ2n) is 5.57. The number of hydrogen-bond acceptors (Lipinski definition) is 7. The molecule has 1 aromatic carbocycles. The Kier molecular flexibility index (Phi) is 4.11. The number of aromatic amines is 1. The molecule has 0 saturated carbocycles. The number of carbonyl (C=O) groups excluding carboxylic acids is 1. The number of fused-ring (bicyclic) bond motifs is 1. The fourth-order valence-electron chi connectivity index (χ4n) is 2.45. The average molecular weight is 320 g/mol. The molecule has 0 radical (unpaired) electrons. The number of nitro benzene ring substituents is 1. The largest absolute Gasteiger partial charge is 0.534 e. The van der Waals surface area contributed by atoms with Gasteiger partial charge in [-0.2, -0.15) is 0 Å². The van der Waals surface area contributed by atoms with Gasteiger partial charge in [-0.1, -0.05) is 6.92 Å². The van der Waals surface area contributed by atoms with Gasteiger partial charge in [-0.25, -0.2) is 4.79 Å². The summed E-state index contributed by atoms with van der Waals surface area (Å²) in [5.74, 6) is 0.570. The van der Waals surface area contributed by atoms with Gasteiger partial charge < -0.3 is 9.57 Å². The second-order valence-corrected chi connectivity index (χ2v) is 5.57. The lowest BCUT2D eigenvalue weighted by Crippen LogP contribution is -2.35. The maximum absolute atomic E-state index is 11.8. The molecule has 2 aromatic rings. The van der Waals surface area contributed by atoms with Crippen LogP contribution in [0, 0.1) is 16.0 Å². The molecule has 1 aliphatic rings. The molecule has 23 heavy (non-hydrogen) atoms. The van der Waals surface area contributed by atoms with Gasteiger partial charge in [-0.05, 0) is 24.8 Å². The third kappa shape index (κ3) is 3.39. The van der Waals surface area contributed by atoms with Crippen molar-refractivity contribution in [3.63, 3.8) is 0 Å². The number of non-ortho nitro benzene ring substituents is 1. The predicted molar refractivity (Wildman–Crippen MR) is 79.8 cm³/mol. The molecule has 1 aromatic heterocycles. The Bertz CT molecular complexity index is 736. The third-order valence-electron chi connectivity index (χ3n) is 3.85. The zero-order valence-corrected chi connectivity index (χ0v) is 12.5. The second kappa shape index (κ2) is 6.21. The van der Waals surface area contributed by atoms with Crippen LogP contribution in [0.5, 0.6) is 5.88 Å². The highest BCUT2D eigenvalue weighted by Crippen LogP contribution is 2.27. The van der Waals surface area contributed by atoms with Crippen molar-refractivity contribution in [3.05, 3.63) is 28.3 Å². The summed E-state index contributed by atoms with van der Waals surface area (Å²) in [6.07, 6.45) is 0.995. The van der Waals surface area contributed by atoms with Crippen LogP contribution in [0.3, 0.4) is 0 Å².